The first-order valence-corrected chi connectivity index (χ1v) is 20.4. The Kier molecular flexibility index (Phi) is 8.66. The maximum Gasteiger partial charge on any atom is 0.364 e. The first-order valence-electron chi connectivity index (χ1n) is 17.4. The van der Waals surface area contributed by atoms with Crippen LogP contribution in [-0.4, -0.2) is 45.9 Å². The minimum Gasteiger partial charge on any atom is -0.358 e. The van der Waals surface area contributed by atoms with Gasteiger partial charge < -0.3 is 7.43 Å². The van der Waals surface area contributed by atoms with Crippen molar-refractivity contribution >= 4 is 41.3 Å². The molecule has 0 spiro atoms. The lowest BCUT2D eigenvalue weighted by Crippen LogP contribution is -2.47. The quantitative estimate of drug-likeness (QED) is 0.115. The zero-order chi connectivity index (χ0) is 35.8. The summed E-state index contributed by atoms with van der Waals surface area (Å²) in [5, 5.41) is 2.69. The van der Waals surface area contributed by atoms with Gasteiger partial charge in [-0.2, -0.15) is 0 Å². The van der Waals surface area contributed by atoms with E-state index in [1.165, 1.54) is 32.7 Å². The Morgan fingerprint density at radius 2 is 0.941 bits per heavy atom. The molecule has 0 bridgehead atoms. The molecule has 3 heterocycles. The Labute approximate surface area is 303 Å². The smallest absolute Gasteiger partial charge is 0.358 e. The van der Waals surface area contributed by atoms with Gasteiger partial charge in [-0.15, -0.1) is 4.76 Å². The Morgan fingerprint density at radius 3 is 1.29 bits per heavy atom. The van der Waals surface area contributed by atoms with Crippen LogP contribution < -0.4 is 0 Å². The number of aliphatic imine (C=N–C) groups is 2. The van der Waals surface area contributed by atoms with E-state index in [-0.39, 0.29) is 7.43 Å². The number of amidine groups is 2. The van der Waals surface area contributed by atoms with E-state index in [0.717, 1.165) is 37.8 Å². The number of nitrogens with zero attached hydrogens (tertiary/aromatic N) is 4. The highest BCUT2D eigenvalue weighted by Crippen LogP contribution is 2.55. The molecule has 0 atom stereocenters. The second-order valence-corrected chi connectivity index (χ2v) is 20.0. The molecule has 4 aromatic carbocycles. The number of nitroso groups, excluding NO2 is 2. The molecule has 3 aliphatic rings. The van der Waals surface area contributed by atoms with Crippen molar-refractivity contribution in [2.45, 2.75) is 78.2 Å². The van der Waals surface area contributed by atoms with E-state index in [2.05, 4.69) is 115 Å². The molecule has 3 aliphatic heterocycles. The third-order valence-corrected chi connectivity index (χ3v) is 15.0. The first kappa shape index (κ1) is 35.8. The van der Waals surface area contributed by atoms with Crippen molar-refractivity contribution in [2.24, 2.45) is 9.98 Å². The van der Waals surface area contributed by atoms with Crippen LogP contribution in [-0.2, 0) is 0 Å². The summed E-state index contributed by atoms with van der Waals surface area (Å²) >= 11 is 0. The van der Waals surface area contributed by atoms with Crippen molar-refractivity contribution in [3.8, 4) is 0 Å². The number of allylic oxidation sites excluding steroid dienone is 2. The summed E-state index contributed by atoms with van der Waals surface area (Å²) in [7, 11) is -2.43. The summed E-state index contributed by atoms with van der Waals surface area (Å²) in [6, 6.07) is 39.1. The van der Waals surface area contributed by atoms with Crippen LogP contribution in [0.1, 0.15) is 81.8 Å². The van der Waals surface area contributed by atoms with Crippen LogP contribution in [0.5, 0.6) is 0 Å². The summed E-state index contributed by atoms with van der Waals surface area (Å²) in [4.78, 5) is 36.2. The second-order valence-electron chi connectivity index (χ2n) is 15.7. The maximum atomic E-state index is 13.4. The van der Waals surface area contributed by atoms with Crippen LogP contribution in [0.15, 0.2) is 119 Å². The molecule has 0 fully saturated rings. The minimum atomic E-state index is -2.43. The molecule has 0 aliphatic carbocycles. The van der Waals surface area contributed by atoms with E-state index in [1.54, 1.807) is 0 Å². The Morgan fingerprint density at radius 1 is 0.549 bits per heavy atom. The molecule has 7 rings (SSSR count). The van der Waals surface area contributed by atoms with E-state index in [0.29, 0.717) is 11.7 Å². The molecule has 51 heavy (non-hydrogen) atoms. The largest absolute Gasteiger partial charge is 0.364 e. The molecule has 260 valence electrons. The fraction of sp³-hybridized carbons (Fsp3) is 0.273. The van der Waals surface area contributed by atoms with Crippen molar-refractivity contribution in [1.29, 1.82) is 0 Å². The molecule has 0 radical (unpaired) electrons. The lowest BCUT2D eigenvalue weighted by molar-refractivity contribution is -0.514. The van der Waals surface area contributed by atoms with Crippen molar-refractivity contribution in [3.63, 3.8) is 0 Å². The summed E-state index contributed by atoms with van der Waals surface area (Å²) in [6.45, 7) is 18.6. The predicted molar refractivity (Wildman–Crippen MR) is 215 cm³/mol. The third kappa shape index (κ3) is 5.50. The van der Waals surface area contributed by atoms with Gasteiger partial charge in [0.05, 0.1) is 5.56 Å². The molecule has 6 nitrogen and oxygen atoms in total. The molecular formula is C44H48N4O2Si. The van der Waals surface area contributed by atoms with Crippen molar-refractivity contribution in [1.82, 2.24) is 0 Å². The fourth-order valence-electron chi connectivity index (χ4n) is 7.45. The molecular weight excluding hydrogens is 645 g/mol. The number of rotatable bonds is 6. The zero-order valence-electron chi connectivity index (χ0n) is 31.5. The van der Waals surface area contributed by atoms with E-state index in [1.807, 2.05) is 60.6 Å². The number of hydrogen-bond donors (Lipinski definition) is 0. The summed E-state index contributed by atoms with van der Waals surface area (Å²) in [5.74, 6) is 0.939. The van der Waals surface area contributed by atoms with Gasteiger partial charge in [0.2, 0.25) is 5.84 Å². The lowest BCUT2D eigenvalue weighted by Gasteiger charge is -2.27. The summed E-state index contributed by atoms with van der Waals surface area (Å²) in [6.07, 6.45) is 0. The van der Waals surface area contributed by atoms with Crippen molar-refractivity contribution < 1.29 is 9.52 Å². The van der Waals surface area contributed by atoms with Gasteiger partial charge in [0, 0.05) is 6.04 Å². The lowest BCUT2D eigenvalue weighted by atomic mass is 9.84. The van der Waals surface area contributed by atoms with Crippen LogP contribution in [0.4, 0.5) is 0 Å². The van der Waals surface area contributed by atoms with Gasteiger partial charge in [0.1, 0.15) is 13.6 Å². The first-order chi connectivity index (χ1) is 23.6. The SMILES string of the molecule is C[C-]1N=C(c2ccc(C3=C(c4ccccc4)C(c4ccccc4)=C(c4ccc(C5=NC(C)(C)C(C)(C)[N+]5=O)cc4)[Si]3(C)C)cc2)[N+](=O)C1(C)C.[CH3-]. The van der Waals surface area contributed by atoms with Crippen LogP contribution in [0.3, 0.4) is 0 Å². The van der Waals surface area contributed by atoms with Crippen molar-refractivity contribution in [3.05, 3.63) is 166 Å². The highest BCUT2D eigenvalue weighted by atomic mass is 28.3. The highest BCUT2D eigenvalue weighted by Gasteiger charge is 2.59. The average molecular weight is 693 g/mol. The van der Waals surface area contributed by atoms with Crippen LogP contribution in [0, 0.1) is 23.3 Å². The van der Waals surface area contributed by atoms with Gasteiger partial charge in [0.25, 0.3) is 0 Å². The normalized spacial score (nSPS) is 20.1. The van der Waals surface area contributed by atoms with Gasteiger partial charge in [-0.3, -0.25) is 0 Å². The van der Waals surface area contributed by atoms with E-state index >= 15 is 0 Å². The summed E-state index contributed by atoms with van der Waals surface area (Å²) in [5.41, 5.74) is 6.93. The Bertz CT molecular complexity index is 2170. The average Bonchev–Trinajstić information content (AvgIpc) is 3.54. The fourth-order valence-corrected chi connectivity index (χ4v) is 11.3. The third-order valence-electron chi connectivity index (χ3n) is 11.4. The monoisotopic (exact) mass is 692 g/mol. The Balaban J connectivity index is 0.00000448. The van der Waals surface area contributed by atoms with Crippen molar-refractivity contribution in [2.75, 3.05) is 0 Å². The highest BCUT2D eigenvalue weighted by molar-refractivity contribution is 7.13. The van der Waals surface area contributed by atoms with Gasteiger partial charge in [-0.25, -0.2) is 4.99 Å². The van der Waals surface area contributed by atoms with Gasteiger partial charge >= 0.3 is 5.84 Å². The topological polar surface area (TPSA) is 64.9 Å². The molecule has 0 N–H and O–H groups in total. The number of benzene rings is 4. The molecule has 0 aromatic heterocycles. The number of hydrogen-bond acceptors (Lipinski definition) is 4. The Hall–Kier alpha value is -5.01. The van der Waals surface area contributed by atoms with Crippen LogP contribution in [0.25, 0.3) is 21.5 Å². The second kappa shape index (κ2) is 12.3. The minimum absolute atomic E-state index is 0. The van der Waals surface area contributed by atoms with Gasteiger partial charge in [0.15, 0.2) is 11.1 Å². The maximum absolute atomic E-state index is 13.4. The molecule has 0 amide bonds. The van der Waals surface area contributed by atoms with Crippen LogP contribution in [0.2, 0.25) is 13.1 Å². The predicted octanol–water partition coefficient (Wildman–Crippen LogP) is 10.4. The van der Waals surface area contributed by atoms with Crippen LogP contribution >= 0.6 is 0 Å². The molecule has 0 unspecified atom stereocenters. The van der Waals surface area contributed by atoms with E-state index in [9.17, 15) is 9.81 Å². The molecule has 7 heteroatoms. The van der Waals surface area contributed by atoms with E-state index in [4.69, 9.17) is 4.99 Å². The van der Waals surface area contributed by atoms with Gasteiger partial charge in [-0.1, -0.05) is 132 Å². The standard InChI is InChI=1S/C43H45N4O2Si.CH3/c1-28-41(2,3)46(48)39(44-28)33-24-20-31(21-25-33)37-35(29-16-12-10-13-17-29)36(30-18-14-11-15-19-30)38(50(37,8)9)32-22-26-34(27-23-32)40-45-42(4,5)43(6,7)47(40)49;/h10-27H,1-9H3;1H3/q+1;-1. The molecule has 0 saturated heterocycles. The van der Waals surface area contributed by atoms with E-state index < -0.39 is 24.7 Å². The zero-order valence-corrected chi connectivity index (χ0v) is 32.5. The van der Waals surface area contributed by atoms with Gasteiger partial charge in [-0.05, 0) is 108 Å². The molecule has 0 saturated carbocycles. The molecule has 4 aromatic rings. The summed E-state index contributed by atoms with van der Waals surface area (Å²) < 4.78 is 2.10.